The van der Waals surface area contributed by atoms with Gasteiger partial charge in [-0.3, -0.25) is 4.79 Å². The zero-order valence-electron chi connectivity index (χ0n) is 6.04. The number of carbonyl (C=O) groups is 1. The molecule has 0 saturated heterocycles. The molecule has 3 heteroatoms. The van der Waals surface area contributed by atoms with Crippen molar-refractivity contribution in [1.29, 1.82) is 0 Å². The first-order valence-corrected chi connectivity index (χ1v) is 4.53. The van der Waals surface area contributed by atoms with Gasteiger partial charge in [-0.15, -0.1) is 11.3 Å². The molecule has 1 aromatic rings. The van der Waals surface area contributed by atoms with Gasteiger partial charge < -0.3 is 5.73 Å². The fraction of sp³-hybridized carbons (Fsp3) is 0.375. The summed E-state index contributed by atoms with van der Waals surface area (Å²) in [6, 6.07) is 1.98. The Bertz CT molecular complexity index is 292. The number of hydrogen-bond donors (Lipinski definition) is 1. The molecule has 2 N–H and O–H groups in total. The second-order valence-corrected chi connectivity index (χ2v) is 3.71. The summed E-state index contributed by atoms with van der Waals surface area (Å²) < 4.78 is 0. The van der Waals surface area contributed by atoms with Crippen molar-refractivity contribution in [3.8, 4) is 0 Å². The highest BCUT2D eigenvalue weighted by atomic mass is 32.1. The maximum absolute atomic E-state index is 11.2. The van der Waals surface area contributed by atoms with Crippen LogP contribution >= 0.6 is 11.3 Å². The number of hydrogen-bond acceptors (Lipinski definition) is 3. The average molecular weight is 167 g/mol. The number of nitrogens with two attached hydrogens (primary N) is 1. The van der Waals surface area contributed by atoms with Crippen molar-refractivity contribution in [1.82, 2.24) is 0 Å². The minimum absolute atomic E-state index is 0.0997. The molecule has 2 nitrogen and oxygen atoms in total. The third-order valence-electron chi connectivity index (χ3n) is 2.01. The maximum Gasteiger partial charge on any atom is 0.164 e. The fourth-order valence-electron chi connectivity index (χ4n) is 1.39. The second kappa shape index (κ2) is 2.43. The number of Topliss-reactive ketones (excluding diaryl/α,β-unsaturated/α-hetero) is 1. The lowest BCUT2D eigenvalue weighted by Crippen LogP contribution is -2.18. The second-order valence-electron chi connectivity index (χ2n) is 2.77. The molecule has 0 amide bonds. The van der Waals surface area contributed by atoms with Gasteiger partial charge in [-0.25, -0.2) is 0 Å². The van der Waals surface area contributed by atoms with Crippen LogP contribution in [0.1, 0.15) is 34.1 Å². The van der Waals surface area contributed by atoms with Crippen LogP contribution in [0.15, 0.2) is 11.4 Å². The lowest BCUT2D eigenvalue weighted by molar-refractivity contribution is 0.0968. The lowest BCUT2D eigenvalue weighted by atomic mass is 9.95. The minimum atomic E-state index is 0.0997. The molecule has 0 aromatic carbocycles. The standard InChI is InChI=1S/C8H9NOS/c9-6-1-2-7(10)5-3-4-11-8(5)6/h3-4,6H,1-2,9H2. The Morgan fingerprint density at radius 1 is 1.64 bits per heavy atom. The van der Waals surface area contributed by atoms with Crippen LogP contribution < -0.4 is 5.73 Å². The molecule has 1 aliphatic carbocycles. The largest absolute Gasteiger partial charge is 0.323 e. The molecule has 1 aromatic heterocycles. The highest BCUT2D eigenvalue weighted by Gasteiger charge is 2.23. The Labute approximate surface area is 69.0 Å². The van der Waals surface area contributed by atoms with Gasteiger partial charge in [0.15, 0.2) is 5.78 Å². The molecular formula is C8H9NOS. The lowest BCUT2D eigenvalue weighted by Gasteiger charge is -2.16. The number of rotatable bonds is 0. The molecular weight excluding hydrogens is 158 g/mol. The molecule has 1 atom stereocenters. The van der Waals surface area contributed by atoms with Crippen LogP contribution in [0.25, 0.3) is 0 Å². The molecule has 0 bridgehead atoms. The summed E-state index contributed by atoms with van der Waals surface area (Å²) >= 11 is 1.59. The van der Waals surface area contributed by atoms with Crippen LogP contribution in [-0.4, -0.2) is 5.78 Å². The van der Waals surface area contributed by atoms with Crippen molar-refractivity contribution in [2.75, 3.05) is 0 Å². The predicted octanol–water partition coefficient (Wildman–Crippen LogP) is 1.72. The van der Waals surface area contributed by atoms with E-state index in [1.165, 1.54) is 0 Å². The Hall–Kier alpha value is -0.670. The van der Waals surface area contributed by atoms with E-state index in [1.807, 2.05) is 11.4 Å². The van der Waals surface area contributed by atoms with Gasteiger partial charge in [-0.1, -0.05) is 0 Å². The Balaban J connectivity index is 2.51. The van der Waals surface area contributed by atoms with Crippen molar-refractivity contribution in [2.45, 2.75) is 18.9 Å². The molecule has 11 heavy (non-hydrogen) atoms. The van der Waals surface area contributed by atoms with Gasteiger partial charge in [-0.2, -0.15) is 0 Å². The quantitative estimate of drug-likeness (QED) is 0.639. The molecule has 0 aliphatic heterocycles. The van der Waals surface area contributed by atoms with Gasteiger partial charge in [0.1, 0.15) is 0 Å². The molecule has 2 rings (SSSR count). The van der Waals surface area contributed by atoms with E-state index in [4.69, 9.17) is 5.73 Å². The first kappa shape index (κ1) is 7.00. The monoisotopic (exact) mass is 167 g/mol. The Morgan fingerprint density at radius 3 is 3.18 bits per heavy atom. The van der Waals surface area contributed by atoms with Crippen LogP contribution in [0.4, 0.5) is 0 Å². The van der Waals surface area contributed by atoms with Crippen molar-refractivity contribution < 1.29 is 4.79 Å². The van der Waals surface area contributed by atoms with Crippen LogP contribution in [0.5, 0.6) is 0 Å². The molecule has 58 valence electrons. The van der Waals surface area contributed by atoms with Crippen molar-refractivity contribution in [3.05, 3.63) is 21.9 Å². The maximum atomic E-state index is 11.2. The molecule has 0 radical (unpaired) electrons. The Morgan fingerprint density at radius 2 is 2.45 bits per heavy atom. The summed E-state index contributed by atoms with van der Waals surface area (Å²) in [5.41, 5.74) is 6.67. The van der Waals surface area contributed by atoms with E-state index in [-0.39, 0.29) is 11.8 Å². The van der Waals surface area contributed by atoms with E-state index in [2.05, 4.69) is 0 Å². The summed E-state index contributed by atoms with van der Waals surface area (Å²) in [6.45, 7) is 0. The van der Waals surface area contributed by atoms with Crippen LogP contribution in [0.3, 0.4) is 0 Å². The molecule has 1 aliphatic rings. The van der Waals surface area contributed by atoms with E-state index in [0.717, 1.165) is 16.9 Å². The Kier molecular flexibility index (Phi) is 1.55. The van der Waals surface area contributed by atoms with Crippen LogP contribution in [-0.2, 0) is 0 Å². The highest BCUT2D eigenvalue weighted by molar-refractivity contribution is 7.10. The summed E-state index contributed by atoms with van der Waals surface area (Å²) in [7, 11) is 0. The average Bonchev–Trinajstić information content (AvgIpc) is 2.45. The zero-order valence-corrected chi connectivity index (χ0v) is 6.86. The third kappa shape index (κ3) is 1.01. The number of carbonyl (C=O) groups excluding carboxylic acids is 1. The SMILES string of the molecule is NC1CCC(=O)c2ccsc21. The summed E-state index contributed by atoms with van der Waals surface area (Å²) in [5, 5.41) is 1.94. The van der Waals surface area contributed by atoms with Crippen molar-refractivity contribution >= 4 is 17.1 Å². The number of ketones is 1. The zero-order chi connectivity index (χ0) is 7.84. The van der Waals surface area contributed by atoms with E-state index in [9.17, 15) is 4.79 Å². The first-order valence-electron chi connectivity index (χ1n) is 3.65. The number of thiophene rings is 1. The van der Waals surface area contributed by atoms with Crippen LogP contribution in [0.2, 0.25) is 0 Å². The van der Waals surface area contributed by atoms with Gasteiger partial charge in [0.05, 0.1) is 0 Å². The summed E-state index contributed by atoms with van der Waals surface area (Å²) in [5.74, 6) is 0.253. The van der Waals surface area contributed by atoms with E-state index >= 15 is 0 Å². The minimum Gasteiger partial charge on any atom is -0.323 e. The van der Waals surface area contributed by atoms with E-state index in [1.54, 1.807) is 11.3 Å². The molecule has 1 heterocycles. The van der Waals surface area contributed by atoms with Gasteiger partial charge in [0, 0.05) is 22.9 Å². The summed E-state index contributed by atoms with van der Waals surface area (Å²) in [6.07, 6.45) is 1.43. The van der Waals surface area contributed by atoms with Crippen molar-refractivity contribution in [2.24, 2.45) is 5.73 Å². The van der Waals surface area contributed by atoms with Gasteiger partial charge in [0.25, 0.3) is 0 Å². The van der Waals surface area contributed by atoms with E-state index < -0.39 is 0 Å². The smallest absolute Gasteiger partial charge is 0.164 e. The number of fused-ring (bicyclic) bond motifs is 1. The fourth-order valence-corrected chi connectivity index (χ4v) is 2.34. The summed E-state index contributed by atoms with van der Waals surface area (Å²) in [4.78, 5) is 12.3. The first-order chi connectivity index (χ1) is 5.29. The molecule has 0 fully saturated rings. The van der Waals surface area contributed by atoms with E-state index in [0.29, 0.717) is 6.42 Å². The topological polar surface area (TPSA) is 43.1 Å². The molecule has 1 unspecified atom stereocenters. The van der Waals surface area contributed by atoms with Gasteiger partial charge in [0.2, 0.25) is 0 Å². The molecule has 0 saturated carbocycles. The predicted molar refractivity (Wildman–Crippen MR) is 44.8 cm³/mol. The molecule has 0 spiro atoms. The highest BCUT2D eigenvalue weighted by Crippen LogP contribution is 2.31. The van der Waals surface area contributed by atoms with Gasteiger partial charge >= 0.3 is 0 Å². The third-order valence-corrected chi connectivity index (χ3v) is 3.06. The van der Waals surface area contributed by atoms with Gasteiger partial charge in [-0.05, 0) is 17.9 Å². The van der Waals surface area contributed by atoms with Crippen LogP contribution in [0, 0.1) is 0 Å². The van der Waals surface area contributed by atoms with Crippen molar-refractivity contribution in [3.63, 3.8) is 0 Å². The normalized spacial score (nSPS) is 23.4.